The number of nitrogens with zero attached hydrogens (tertiary/aromatic N) is 4. The first kappa shape index (κ1) is 12.3. The van der Waals surface area contributed by atoms with E-state index in [4.69, 9.17) is 0 Å². The van der Waals surface area contributed by atoms with Gasteiger partial charge < -0.3 is 4.90 Å². The molecule has 0 aliphatic carbocycles. The molecule has 3 heterocycles. The molecular weight excluding hydrogens is 240 g/mol. The largest absolute Gasteiger partial charge is 0.303 e. The van der Waals surface area contributed by atoms with Crippen molar-refractivity contribution < 1.29 is 4.79 Å². The van der Waals surface area contributed by atoms with Crippen LogP contribution in [0.25, 0.3) is 5.65 Å². The van der Waals surface area contributed by atoms with E-state index in [1.807, 2.05) is 16.7 Å². The average Bonchev–Trinajstić information content (AvgIpc) is 2.90. The van der Waals surface area contributed by atoms with Crippen LogP contribution < -0.4 is 0 Å². The number of carbonyl (C=O) groups is 1. The third kappa shape index (κ3) is 2.26. The van der Waals surface area contributed by atoms with Gasteiger partial charge in [0.05, 0.1) is 0 Å². The summed E-state index contributed by atoms with van der Waals surface area (Å²) in [7, 11) is 0. The second-order valence-electron chi connectivity index (χ2n) is 5.10. The molecular formula is C14H18N4O. The van der Waals surface area contributed by atoms with Crippen molar-refractivity contribution in [1.82, 2.24) is 19.5 Å². The van der Waals surface area contributed by atoms with Crippen molar-refractivity contribution >= 4 is 11.9 Å². The fraction of sp³-hybridized carbons (Fsp3) is 0.500. The van der Waals surface area contributed by atoms with Crippen molar-refractivity contribution in [2.24, 2.45) is 0 Å². The number of likely N-dealkylation sites (N-methyl/N-ethyl adjacent to an activating group) is 1. The normalized spacial score (nSPS) is 20.8. The topological polar surface area (TPSA) is 50.5 Å². The Hall–Kier alpha value is -1.75. The summed E-state index contributed by atoms with van der Waals surface area (Å²) in [4.78, 5) is 13.2. The molecule has 0 saturated carbocycles. The number of aldehydes is 1. The first-order chi connectivity index (χ1) is 9.31. The molecule has 5 nitrogen and oxygen atoms in total. The van der Waals surface area contributed by atoms with Crippen LogP contribution in [0.1, 0.15) is 41.9 Å². The minimum atomic E-state index is 0.436. The molecule has 0 N–H and O–H groups in total. The zero-order valence-corrected chi connectivity index (χ0v) is 11.1. The minimum Gasteiger partial charge on any atom is -0.303 e. The molecule has 1 unspecified atom stereocenters. The van der Waals surface area contributed by atoms with Crippen LogP contribution in [0.3, 0.4) is 0 Å². The van der Waals surface area contributed by atoms with E-state index in [0.717, 1.165) is 37.3 Å². The molecule has 0 spiro atoms. The second-order valence-corrected chi connectivity index (χ2v) is 5.10. The lowest BCUT2D eigenvalue weighted by Crippen LogP contribution is -2.34. The van der Waals surface area contributed by atoms with E-state index in [1.54, 1.807) is 6.07 Å². The lowest BCUT2D eigenvalue weighted by Gasteiger charge is -2.30. The van der Waals surface area contributed by atoms with Gasteiger partial charge >= 0.3 is 0 Å². The Kier molecular flexibility index (Phi) is 3.29. The monoisotopic (exact) mass is 258 g/mol. The van der Waals surface area contributed by atoms with E-state index in [2.05, 4.69) is 22.0 Å². The number of rotatable bonds is 3. The Morgan fingerprint density at radius 3 is 3.16 bits per heavy atom. The maximum absolute atomic E-state index is 10.8. The Labute approximate surface area is 112 Å². The molecule has 1 atom stereocenters. The van der Waals surface area contributed by atoms with E-state index in [0.29, 0.717) is 11.5 Å². The summed E-state index contributed by atoms with van der Waals surface area (Å²) in [6, 6.07) is 3.59. The van der Waals surface area contributed by atoms with Crippen LogP contribution in [0.4, 0.5) is 0 Å². The van der Waals surface area contributed by atoms with Gasteiger partial charge in [-0.25, -0.2) is 0 Å². The lowest BCUT2D eigenvalue weighted by atomic mass is 9.97. The van der Waals surface area contributed by atoms with Crippen LogP contribution in [0.5, 0.6) is 0 Å². The molecule has 5 heteroatoms. The molecule has 2 aromatic rings. The van der Waals surface area contributed by atoms with Gasteiger partial charge in [-0.15, -0.1) is 10.2 Å². The third-order valence-electron chi connectivity index (χ3n) is 3.91. The van der Waals surface area contributed by atoms with Crippen LogP contribution in [-0.2, 0) is 0 Å². The van der Waals surface area contributed by atoms with Gasteiger partial charge in [0.25, 0.3) is 0 Å². The molecule has 19 heavy (non-hydrogen) atoms. The number of likely N-dealkylation sites (tertiary alicyclic amines) is 1. The van der Waals surface area contributed by atoms with Crippen LogP contribution in [0, 0.1) is 0 Å². The fourth-order valence-electron chi connectivity index (χ4n) is 2.83. The Balaban J connectivity index is 1.94. The predicted octanol–water partition coefficient (Wildman–Crippen LogP) is 1.74. The Morgan fingerprint density at radius 2 is 2.37 bits per heavy atom. The number of piperidine rings is 1. The van der Waals surface area contributed by atoms with Gasteiger partial charge in [-0.3, -0.25) is 9.20 Å². The lowest BCUT2D eigenvalue weighted by molar-refractivity contribution is 0.112. The summed E-state index contributed by atoms with van der Waals surface area (Å²) in [6.07, 6.45) is 5.11. The zero-order chi connectivity index (χ0) is 13.2. The molecule has 1 saturated heterocycles. The van der Waals surface area contributed by atoms with Crippen LogP contribution in [-0.4, -0.2) is 45.4 Å². The Morgan fingerprint density at radius 1 is 1.47 bits per heavy atom. The molecule has 3 rings (SSSR count). The standard InChI is InChI=1S/C14H18N4O/c1-2-17-6-3-4-12(9-17)14-16-15-13-8-11(10-19)5-7-18(13)14/h5,7-8,10,12H,2-4,6,9H2,1H3. The molecule has 0 amide bonds. The van der Waals surface area contributed by atoms with Crippen LogP contribution in [0.15, 0.2) is 18.3 Å². The molecule has 2 aromatic heterocycles. The van der Waals surface area contributed by atoms with Crippen LogP contribution >= 0.6 is 0 Å². The minimum absolute atomic E-state index is 0.436. The highest BCUT2D eigenvalue weighted by Crippen LogP contribution is 2.25. The number of fused-ring (bicyclic) bond motifs is 1. The zero-order valence-electron chi connectivity index (χ0n) is 11.1. The van der Waals surface area contributed by atoms with Crippen molar-refractivity contribution in [3.63, 3.8) is 0 Å². The van der Waals surface area contributed by atoms with Crippen molar-refractivity contribution in [2.75, 3.05) is 19.6 Å². The van der Waals surface area contributed by atoms with Crippen molar-refractivity contribution in [3.8, 4) is 0 Å². The SMILES string of the molecule is CCN1CCCC(c2nnc3cc(C=O)ccn23)C1. The van der Waals surface area contributed by atoms with Gasteiger partial charge in [-0.1, -0.05) is 6.92 Å². The number of aromatic nitrogens is 3. The summed E-state index contributed by atoms with van der Waals surface area (Å²) in [5, 5.41) is 8.52. The highest BCUT2D eigenvalue weighted by molar-refractivity contribution is 5.76. The molecule has 1 aliphatic heterocycles. The maximum atomic E-state index is 10.8. The molecule has 1 fully saturated rings. The van der Waals surface area contributed by atoms with Gasteiger partial charge in [-0.2, -0.15) is 0 Å². The quantitative estimate of drug-likeness (QED) is 0.787. The van der Waals surface area contributed by atoms with E-state index >= 15 is 0 Å². The van der Waals surface area contributed by atoms with Gasteiger partial charge in [0.15, 0.2) is 5.65 Å². The first-order valence-electron chi connectivity index (χ1n) is 6.84. The number of hydrogen-bond acceptors (Lipinski definition) is 4. The van der Waals surface area contributed by atoms with E-state index < -0.39 is 0 Å². The highest BCUT2D eigenvalue weighted by atomic mass is 16.1. The predicted molar refractivity (Wildman–Crippen MR) is 72.5 cm³/mol. The summed E-state index contributed by atoms with van der Waals surface area (Å²) >= 11 is 0. The summed E-state index contributed by atoms with van der Waals surface area (Å²) in [5.41, 5.74) is 1.40. The molecule has 1 aliphatic rings. The van der Waals surface area contributed by atoms with Gasteiger partial charge in [0, 0.05) is 24.2 Å². The van der Waals surface area contributed by atoms with E-state index in [1.165, 1.54) is 13.0 Å². The fourth-order valence-corrected chi connectivity index (χ4v) is 2.83. The maximum Gasteiger partial charge on any atom is 0.161 e. The molecule has 0 radical (unpaired) electrons. The van der Waals surface area contributed by atoms with Gasteiger partial charge in [0.2, 0.25) is 0 Å². The summed E-state index contributed by atoms with van der Waals surface area (Å²) in [6.45, 7) is 5.51. The second kappa shape index (κ2) is 5.09. The molecule has 100 valence electrons. The molecule has 0 bridgehead atoms. The van der Waals surface area contributed by atoms with Crippen LogP contribution in [0.2, 0.25) is 0 Å². The number of pyridine rings is 1. The number of carbonyl (C=O) groups excluding carboxylic acids is 1. The average molecular weight is 258 g/mol. The van der Waals surface area contributed by atoms with E-state index in [-0.39, 0.29) is 0 Å². The Bertz CT molecular complexity index is 592. The van der Waals surface area contributed by atoms with Crippen molar-refractivity contribution in [1.29, 1.82) is 0 Å². The van der Waals surface area contributed by atoms with Crippen molar-refractivity contribution in [3.05, 3.63) is 29.7 Å². The molecule has 0 aromatic carbocycles. The highest BCUT2D eigenvalue weighted by Gasteiger charge is 2.24. The van der Waals surface area contributed by atoms with Crippen molar-refractivity contribution in [2.45, 2.75) is 25.7 Å². The third-order valence-corrected chi connectivity index (χ3v) is 3.91. The smallest absolute Gasteiger partial charge is 0.161 e. The van der Waals surface area contributed by atoms with Gasteiger partial charge in [-0.05, 0) is 38.1 Å². The van der Waals surface area contributed by atoms with E-state index in [9.17, 15) is 4.79 Å². The first-order valence-corrected chi connectivity index (χ1v) is 6.84. The van der Waals surface area contributed by atoms with Gasteiger partial charge in [0.1, 0.15) is 12.1 Å². The summed E-state index contributed by atoms with van der Waals surface area (Å²) < 4.78 is 2.01. The number of hydrogen-bond donors (Lipinski definition) is 0. The summed E-state index contributed by atoms with van der Waals surface area (Å²) in [5.74, 6) is 1.45.